The number of piperidine rings is 1. The van der Waals surface area contributed by atoms with E-state index in [0.29, 0.717) is 18.0 Å². The van der Waals surface area contributed by atoms with E-state index in [2.05, 4.69) is 9.88 Å². The fourth-order valence-electron chi connectivity index (χ4n) is 5.15. The molecular formula is C24H24F3N3O2S. The Morgan fingerprint density at radius 2 is 1.91 bits per heavy atom. The monoisotopic (exact) mass is 475 g/mol. The Bertz CT molecular complexity index is 1290. The number of nitrogens with zero attached hydrogens (tertiary/aromatic N) is 2. The molecule has 174 valence electrons. The van der Waals surface area contributed by atoms with Gasteiger partial charge in [-0.2, -0.15) is 13.2 Å². The van der Waals surface area contributed by atoms with E-state index in [9.17, 15) is 22.8 Å². The van der Waals surface area contributed by atoms with Crippen LogP contribution in [0.3, 0.4) is 0 Å². The highest BCUT2D eigenvalue weighted by molar-refractivity contribution is 7.13. The van der Waals surface area contributed by atoms with Crippen LogP contribution in [0.5, 0.6) is 0 Å². The lowest BCUT2D eigenvalue weighted by Crippen LogP contribution is -2.32. The number of aromatic nitrogens is 2. The summed E-state index contributed by atoms with van der Waals surface area (Å²) in [6, 6.07) is 7.55. The maximum atomic E-state index is 12.9. The van der Waals surface area contributed by atoms with Crippen LogP contribution in [0.1, 0.15) is 29.5 Å². The number of nitrogens with one attached hydrogen (secondary N) is 1. The number of fused-ring (bicyclic) bond motifs is 1. The number of benzene rings is 1. The summed E-state index contributed by atoms with van der Waals surface area (Å²) in [6.45, 7) is 4.95. The summed E-state index contributed by atoms with van der Waals surface area (Å²) in [4.78, 5) is 30.2. The Labute approximate surface area is 192 Å². The van der Waals surface area contributed by atoms with Gasteiger partial charge in [0.1, 0.15) is 0 Å². The predicted octanol–water partition coefficient (Wildman–Crippen LogP) is 4.26. The summed E-state index contributed by atoms with van der Waals surface area (Å²) in [6.07, 6.45) is -0.920. The summed E-state index contributed by atoms with van der Waals surface area (Å²) in [5, 5.41) is 1.92. The molecule has 2 fully saturated rings. The molecular weight excluding hydrogens is 451 g/mol. The van der Waals surface area contributed by atoms with Gasteiger partial charge in [-0.1, -0.05) is 12.1 Å². The van der Waals surface area contributed by atoms with Crippen LogP contribution in [0.2, 0.25) is 0 Å². The minimum absolute atomic E-state index is 0.0389. The molecule has 0 spiro atoms. The van der Waals surface area contributed by atoms with Crippen molar-refractivity contribution < 1.29 is 13.2 Å². The van der Waals surface area contributed by atoms with E-state index in [1.165, 1.54) is 23.5 Å². The minimum atomic E-state index is -4.32. The first-order chi connectivity index (χ1) is 15.7. The molecule has 2 atom stereocenters. The minimum Gasteiger partial charge on any atom is -0.302 e. The third kappa shape index (κ3) is 4.08. The van der Waals surface area contributed by atoms with E-state index in [0.717, 1.165) is 48.5 Å². The van der Waals surface area contributed by atoms with Crippen molar-refractivity contribution in [1.29, 1.82) is 0 Å². The fraction of sp³-hybridized carbons (Fsp3) is 0.417. The summed E-state index contributed by atoms with van der Waals surface area (Å²) in [5.41, 5.74) is 1.05. The van der Waals surface area contributed by atoms with Gasteiger partial charge in [-0.15, -0.1) is 11.3 Å². The molecule has 9 heteroatoms. The molecule has 5 nitrogen and oxygen atoms in total. The number of thiophene rings is 1. The fourth-order valence-corrected chi connectivity index (χ4v) is 6.08. The third-order valence-corrected chi connectivity index (χ3v) is 8.04. The Morgan fingerprint density at radius 3 is 2.58 bits per heavy atom. The Balaban J connectivity index is 1.22. The molecule has 2 aromatic heterocycles. The second kappa shape index (κ2) is 7.99. The maximum absolute atomic E-state index is 12.9. The van der Waals surface area contributed by atoms with E-state index in [1.807, 2.05) is 18.4 Å². The molecule has 33 heavy (non-hydrogen) atoms. The van der Waals surface area contributed by atoms with Crippen molar-refractivity contribution in [3.63, 3.8) is 0 Å². The SMILES string of the molecule is Cc1ccsc1-c1cn(CCCN2C[C@@H]3C[C@]3(c3ccc(C(F)(F)F)cc3)C2)c(=O)[nH]c1=O. The van der Waals surface area contributed by atoms with Gasteiger partial charge in [0.2, 0.25) is 0 Å². The zero-order valence-corrected chi connectivity index (χ0v) is 18.9. The molecule has 1 N–H and O–H groups in total. The van der Waals surface area contributed by atoms with Crippen molar-refractivity contribution in [2.24, 2.45) is 5.92 Å². The highest BCUT2D eigenvalue weighted by atomic mass is 32.1. The van der Waals surface area contributed by atoms with Crippen molar-refractivity contribution in [3.05, 3.63) is 79.4 Å². The summed E-state index contributed by atoms with van der Waals surface area (Å²) >= 11 is 1.47. The van der Waals surface area contributed by atoms with Crippen molar-refractivity contribution in [1.82, 2.24) is 14.5 Å². The van der Waals surface area contributed by atoms with Crippen molar-refractivity contribution in [2.75, 3.05) is 19.6 Å². The zero-order chi connectivity index (χ0) is 23.4. The summed E-state index contributed by atoms with van der Waals surface area (Å²) in [5.74, 6) is 0.471. The molecule has 1 aliphatic heterocycles. The number of likely N-dealkylation sites (tertiary alicyclic amines) is 1. The zero-order valence-electron chi connectivity index (χ0n) is 18.1. The number of aryl methyl sites for hydroxylation is 2. The Kier molecular flexibility index (Phi) is 5.36. The molecule has 1 aromatic carbocycles. The molecule has 1 saturated heterocycles. The first-order valence-corrected chi connectivity index (χ1v) is 11.8. The first-order valence-electron chi connectivity index (χ1n) is 11.0. The molecule has 0 bridgehead atoms. The Hall–Kier alpha value is -2.65. The number of alkyl halides is 3. The number of hydrogen-bond acceptors (Lipinski definition) is 4. The number of aromatic amines is 1. The average molecular weight is 476 g/mol. The van der Waals surface area contributed by atoms with Crippen LogP contribution in [0.25, 0.3) is 10.4 Å². The van der Waals surface area contributed by atoms with Gasteiger partial charge < -0.3 is 4.90 Å². The smallest absolute Gasteiger partial charge is 0.302 e. The maximum Gasteiger partial charge on any atom is 0.416 e. The van der Waals surface area contributed by atoms with Gasteiger partial charge in [0, 0.05) is 36.1 Å². The van der Waals surface area contributed by atoms with Crippen LogP contribution in [0.4, 0.5) is 13.2 Å². The summed E-state index contributed by atoms with van der Waals surface area (Å²) in [7, 11) is 0. The van der Waals surface area contributed by atoms with Crippen LogP contribution in [0.15, 0.2) is 51.5 Å². The van der Waals surface area contributed by atoms with Gasteiger partial charge in [-0.25, -0.2) is 4.79 Å². The number of rotatable bonds is 6. The van der Waals surface area contributed by atoms with Gasteiger partial charge in [-0.3, -0.25) is 14.3 Å². The predicted molar refractivity (Wildman–Crippen MR) is 122 cm³/mol. The largest absolute Gasteiger partial charge is 0.416 e. The Morgan fingerprint density at radius 1 is 1.15 bits per heavy atom. The van der Waals surface area contributed by atoms with Crippen molar-refractivity contribution in [3.8, 4) is 10.4 Å². The lowest BCUT2D eigenvalue weighted by Gasteiger charge is -2.21. The van der Waals surface area contributed by atoms with E-state index < -0.39 is 17.4 Å². The van der Waals surface area contributed by atoms with E-state index >= 15 is 0 Å². The van der Waals surface area contributed by atoms with E-state index in [1.54, 1.807) is 22.9 Å². The third-order valence-electron chi connectivity index (χ3n) is 6.99. The van der Waals surface area contributed by atoms with Gasteiger partial charge >= 0.3 is 11.9 Å². The van der Waals surface area contributed by atoms with Gasteiger partial charge in [0.15, 0.2) is 0 Å². The lowest BCUT2D eigenvalue weighted by molar-refractivity contribution is -0.137. The molecule has 5 rings (SSSR count). The van der Waals surface area contributed by atoms with Gasteiger partial charge in [0.25, 0.3) is 5.56 Å². The van der Waals surface area contributed by atoms with Crippen LogP contribution >= 0.6 is 11.3 Å². The molecule has 0 radical (unpaired) electrons. The molecule has 2 aliphatic rings. The lowest BCUT2D eigenvalue weighted by atomic mass is 9.94. The normalized spacial score (nSPS) is 22.5. The second-order valence-corrected chi connectivity index (χ2v) is 10.1. The van der Waals surface area contributed by atoms with Crippen LogP contribution in [-0.2, 0) is 18.1 Å². The number of halogens is 3. The standard InChI is InChI=1S/C24H24F3N3O2S/c1-15-7-10-33-20(15)19-13-30(22(32)28-21(19)31)9-2-8-29-12-18-11-23(18,14-29)16-3-5-17(6-4-16)24(25,26)27/h3-7,10,13,18H,2,8-9,11-12,14H2,1H3,(H,28,31,32)/t18-,23+/m0/s1. The summed E-state index contributed by atoms with van der Waals surface area (Å²) < 4.78 is 40.2. The number of hydrogen-bond donors (Lipinski definition) is 1. The molecule has 3 heterocycles. The van der Waals surface area contributed by atoms with E-state index in [-0.39, 0.29) is 11.0 Å². The van der Waals surface area contributed by atoms with Gasteiger partial charge in [-0.05, 0) is 66.9 Å². The highest BCUT2D eigenvalue weighted by Gasteiger charge is 2.60. The molecule has 0 unspecified atom stereocenters. The van der Waals surface area contributed by atoms with Crippen molar-refractivity contribution >= 4 is 11.3 Å². The topological polar surface area (TPSA) is 58.1 Å². The second-order valence-electron chi connectivity index (χ2n) is 9.15. The first kappa shape index (κ1) is 22.2. The quantitative estimate of drug-likeness (QED) is 0.580. The molecule has 1 aliphatic carbocycles. The molecule has 1 saturated carbocycles. The van der Waals surface area contributed by atoms with E-state index in [4.69, 9.17) is 0 Å². The van der Waals surface area contributed by atoms with Gasteiger partial charge in [0.05, 0.1) is 11.1 Å². The van der Waals surface area contributed by atoms with Crippen LogP contribution in [-0.4, -0.2) is 34.1 Å². The molecule has 0 amide bonds. The highest BCUT2D eigenvalue weighted by Crippen LogP contribution is 2.59. The average Bonchev–Trinajstić information content (AvgIpc) is 3.09. The van der Waals surface area contributed by atoms with Crippen molar-refractivity contribution in [2.45, 2.75) is 37.9 Å². The molecule has 3 aromatic rings. The van der Waals surface area contributed by atoms with Crippen LogP contribution < -0.4 is 11.2 Å². The number of H-pyrrole nitrogens is 1. The van der Waals surface area contributed by atoms with Crippen LogP contribution in [0, 0.1) is 12.8 Å².